The van der Waals surface area contributed by atoms with E-state index >= 15 is 0 Å². The molecule has 0 aliphatic carbocycles. The highest BCUT2D eigenvalue weighted by atomic mass is 28.4. The molecule has 20 heavy (non-hydrogen) atoms. The van der Waals surface area contributed by atoms with E-state index in [1.165, 1.54) is 70.3 Å². The molecular weight excluding hydrogens is 260 g/mol. The molecule has 0 rings (SSSR count). The summed E-state index contributed by atoms with van der Waals surface area (Å²) in [5.41, 5.74) is 0. The van der Waals surface area contributed by atoms with Gasteiger partial charge in [-0.15, -0.1) is 0 Å². The van der Waals surface area contributed by atoms with Crippen molar-refractivity contribution in [3.63, 3.8) is 0 Å². The first kappa shape index (κ1) is 20.2. The molecule has 0 aromatic carbocycles. The molecule has 0 bridgehead atoms. The summed E-state index contributed by atoms with van der Waals surface area (Å²) < 4.78 is 5.87. The summed E-state index contributed by atoms with van der Waals surface area (Å²) in [5, 5.41) is 0. The number of unbranched alkanes of at least 4 members (excludes halogenated alkanes) is 8. The highest BCUT2D eigenvalue weighted by Crippen LogP contribution is 2.18. The minimum Gasteiger partial charge on any atom is -0.418 e. The molecule has 0 spiro atoms. The average Bonchev–Trinajstić information content (AvgIpc) is 2.35. The Balaban J connectivity index is 3.17. The van der Waals surface area contributed by atoms with Gasteiger partial charge in [0.1, 0.15) is 0 Å². The molecule has 122 valence electrons. The van der Waals surface area contributed by atoms with Crippen molar-refractivity contribution in [2.24, 2.45) is 5.92 Å². The second-order valence-corrected chi connectivity index (χ2v) is 11.6. The van der Waals surface area contributed by atoms with Crippen LogP contribution in [-0.4, -0.2) is 14.9 Å². The maximum Gasteiger partial charge on any atom is 0.186 e. The molecule has 0 aromatic heterocycles. The van der Waals surface area contributed by atoms with Crippen LogP contribution in [0.1, 0.15) is 85.0 Å². The van der Waals surface area contributed by atoms with Crippen LogP contribution in [0.2, 0.25) is 19.1 Å². The summed E-state index contributed by atoms with van der Waals surface area (Å²) in [5.74, 6) is 0.888. The molecule has 0 heterocycles. The highest BCUT2D eigenvalue weighted by Gasteiger charge is 2.20. The third-order valence-corrected chi connectivity index (χ3v) is 6.72. The Morgan fingerprint density at radius 3 is 1.65 bits per heavy atom. The second kappa shape index (κ2) is 12.9. The summed E-state index contributed by atoms with van der Waals surface area (Å²) in [6.45, 7) is 12.4. The van der Waals surface area contributed by atoms with Crippen LogP contribution in [0.5, 0.6) is 0 Å². The third kappa shape index (κ3) is 14.6. The van der Waals surface area contributed by atoms with Gasteiger partial charge in [0.05, 0.1) is 0 Å². The molecule has 0 radical (unpaired) electrons. The average molecular weight is 301 g/mol. The van der Waals surface area contributed by atoms with Crippen LogP contribution < -0.4 is 0 Å². The molecule has 0 amide bonds. The number of hydrogen-bond donors (Lipinski definition) is 0. The molecule has 0 saturated heterocycles. The monoisotopic (exact) mass is 300 g/mol. The lowest BCUT2D eigenvalue weighted by Crippen LogP contribution is -2.29. The standard InChI is InChI=1S/C18H40OSi/c1-6-19-20(4,5)17-15-13-11-9-7-8-10-12-14-16-18(2)3/h18H,6-17H2,1-5H3. The molecule has 0 aliphatic rings. The molecule has 0 aromatic rings. The Morgan fingerprint density at radius 2 is 1.20 bits per heavy atom. The quantitative estimate of drug-likeness (QED) is 0.253. The van der Waals surface area contributed by atoms with Crippen LogP contribution in [0.15, 0.2) is 0 Å². The van der Waals surface area contributed by atoms with Gasteiger partial charge in [0.15, 0.2) is 8.32 Å². The SMILES string of the molecule is CCO[Si](C)(C)CCCCCCCCCCCC(C)C. The van der Waals surface area contributed by atoms with E-state index in [-0.39, 0.29) is 0 Å². The largest absolute Gasteiger partial charge is 0.418 e. The van der Waals surface area contributed by atoms with Crippen LogP contribution in [0.25, 0.3) is 0 Å². The highest BCUT2D eigenvalue weighted by molar-refractivity contribution is 6.71. The lowest BCUT2D eigenvalue weighted by atomic mass is 10.0. The van der Waals surface area contributed by atoms with E-state index < -0.39 is 8.32 Å². The van der Waals surface area contributed by atoms with Crippen LogP contribution in [0, 0.1) is 5.92 Å². The van der Waals surface area contributed by atoms with Crippen LogP contribution >= 0.6 is 0 Å². The van der Waals surface area contributed by atoms with Crippen molar-refractivity contribution in [3.05, 3.63) is 0 Å². The predicted molar refractivity (Wildman–Crippen MR) is 94.9 cm³/mol. The molecule has 0 N–H and O–H groups in total. The van der Waals surface area contributed by atoms with Crippen molar-refractivity contribution < 1.29 is 4.43 Å². The molecule has 0 saturated carbocycles. The van der Waals surface area contributed by atoms with Crippen molar-refractivity contribution in [1.82, 2.24) is 0 Å². The molecular formula is C18H40OSi. The fraction of sp³-hybridized carbons (Fsp3) is 1.00. The van der Waals surface area contributed by atoms with E-state index in [9.17, 15) is 0 Å². The van der Waals surface area contributed by atoms with Gasteiger partial charge in [-0.25, -0.2) is 0 Å². The summed E-state index contributed by atoms with van der Waals surface area (Å²) in [4.78, 5) is 0. The summed E-state index contributed by atoms with van der Waals surface area (Å²) in [7, 11) is -1.30. The second-order valence-electron chi connectivity index (χ2n) is 7.31. The van der Waals surface area contributed by atoms with Gasteiger partial charge in [0, 0.05) is 6.61 Å². The minimum atomic E-state index is -1.30. The van der Waals surface area contributed by atoms with E-state index in [1.807, 2.05) is 0 Å². The lowest BCUT2D eigenvalue weighted by molar-refractivity contribution is 0.327. The topological polar surface area (TPSA) is 9.23 Å². The fourth-order valence-electron chi connectivity index (χ4n) is 2.80. The fourth-order valence-corrected chi connectivity index (χ4v) is 4.83. The third-order valence-electron chi connectivity index (χ3n) is 4.10. The van der Waals surface area contributed by atoms with Crippen LogP contribution in [0.4, 0.5) is 0 Å². The number of hydrogen-bond acceptors (Lipinski definition) is 1. The van der Waals surface area contributed by atoms with E-state index in [4.69, 9.17) is 4.43 Å². The van der Waals surface area contributed by atoms with Crippen molar-refractivity contribution in [1.29, 1.82) is 0 Å². The molecule has 1 nitrogen and oxygen atoms in total. The predicted octanol–water partition coefficient (Wildman–Crippen LogP) is 6.79. The molecule has 2 heteroatoms. The van der Waals surface area contributed by atoms with E-state index in [0.29, 0.717) is 0 Å². The lowest BCUT2D eigenvalue weighted by Gasteiger charge is -2.21. The number of rotatable bonds is 14. The minimum absolute atomic E-state index is 0.888. The van der Waals surface area contributed by atoms with E-state index in [0.717, 1.165) is 12.5 Å². The zero-order chi connectivity index (χ0) is 15.3. The first-order valence-corrected chi connectivity index (χ1v) is 12.2. The van der Waals surface area contributed by atoms with Crippen molar-refractivity contribution in [3.8, 4) is 0 Å². The maximum atomic E-state index is 5.87. The zero-order valence-electron chi connectivity index (χ0n) is 15.0. The van der Waals surface area contributed by atoms with Crippen LogP contribution in [0.3, 0.4) is 0 Å². The van der Waals surface area contributed by atoms with Gasteiger partial charge in [0.25, 0.3) is 0 Å². The Morgan fingerprint density at radius 1 is 0.750 bits per heavy atom. The Hall–Kier alpha value is 0.177. The van der Waals surface area contributed by atoms with Gasteiger partial charge in [0.2, 0.25) is 0 Å². The van der Waals surface area contributed by atoms with Crippen molar-refractivity contribution >= 4 is 8.32 Å². The van der Waals surface area contributed by atoms with Crippen LogP contribution in [-0.2, 0) is 4.43 Å². The molecule has 0 atom stereocenters. The summed E-state index contributed by atoms with van der Waals surface area (Å²) in [6.07, 6.45) is 14.3. The smallest absolute Gasteiger partial charge is 0.186 e. The van der Waals surface area contributed by atoms with Gasteiger partial charge in [-0.3, -0.25) is 0 Å². The normalized spacial score (nSPS) is 12.3. The Bertz CT molecular complexity index is 202. The Labute approximate surface area is 130 Å². The summed E-state index contributed by atoms with van der Waals surface area (Å²) >= 11 is 0. The molecule has 0 aliphatic heterocycles. The van der Waals surface area contributed by atoms with Crippen molar-refractivity contribution in [2.75, 3.05) is 6.61 Å². The van der Waals surface area contributed by atoms with Crippen molar-refractivity contribution in [2.45, 2.75) is 104 Å². The maximum absolute atomic E-state index is 5.87. The summed E-state index contributed by atoms with van der Waals surface area (Å²) in [6, 6.07) is 1.34. The van der Waals surface area contributed by atoms with Gasteiger partial charge in [-0.1, -0.05) is 78.1 Å². The molecule has 0 fully saturated rings. The zero-order valence-corrected chi connectivity index (χ0v) is 16.0. The first-order chi connectivity index (χ1) is 9.48. The molecule has 0 unspecified atom stereocenters. The van der Waals surface area contributed by atoms with Gasteiger partial charge >= 0.3 is 0 Å². The Kier molecular flexibility index (Phi) is 13.0. The van der Waals surface area contributed by atoms with Gasteiger partial charge < -0.3 is 4.43 Å². The first-order valence-electron chi connectivity index (χ1n) is 9.12. The van der Waals surface area contributed by atoms with Gasteiger partial charge in [-0.05, 0) is 32.0 Å². The van der Waals surface area contributed by atoms with E-state index in [1.54, 1.807) is 0 Å². The van der Waals surface area contributed by atoms with Gasteiger partial charge in [-0.2, -0.15) is 0 Å². The van der Waals surface area contributed by atoms with E-state index in [2.05, 4.69) is 33.9 Å².